The molecule has 0 spiro atoms. The van der Waals surface area contributed by atoms with E-state index >= 15 is 0 Å². The number of carbonyl (C=O) groups excluding carboxylic acids is 2. The Morgan fingerprint density at radius 3 is 2.68 bits per heavy atom. The number of carbonyl (C=O) groups is 2. The highest BCUT2D eigenvalue weighted by atomic mass is 35.5. The zero-order valence-electron chi connectivity index (χ0n) is 16.3. The second kappa shape index (κ2) is 7.87. The van der Waals surface area contributed by atoms with Crippen LogP contribution in [0.3, 0.4) is 0 Å². The van der Waals surface area contributed by atoms with Crippen molar-refractivity contribution < 1.29 is 24.2 Å². The van der Waals surface area contributed by atoms with Crippen molar-refractivity contribution in [3.05, 3.63) is 45.8 Å². The lowest BCUT2D eigenvalue weighted by molar-refractivity contribution is -0.143. The lowest BCUT2D eigenvalue weighted by atomic mass is 9.71. The quantitative estimate of drug-likeness (QED) is 0.740. The minimum Gasteiger partial charge on any atom is -0.503 e. The lowest BCUT2D eigenvalue weighted by Gasteiger charge is -2.38. The third-order valence-corrected chi connectivity index (χ3v) is 5.30. The molecule has 1 heterocycles. The molecule has 0 amide bonds. The van der Waals surface area contributed by atoms with Crippen LogP contribution in [0, 0.1) is 5.92 Å². The first-order valence-electron chi connectivity index (χ1n) is 9.22. The molecule has 0 saturated heterocycles. The average Bonchev–Trinajstić information content (AvgIpc) is 2.62. The number of allylic oxidation sites excluding steroid dienone is 3. The number of hydrogen-bond acceptors (Lipinski definition) is 6. The van der Waals surface area contributed by atoms with E-state index in [0.717, 1.165) is 5.70 Å². The highest BCUT2D eigenvalue weighted by Gasteiger charge is 2.43. The minimum absolute atomic E-state index is 0.0421. The third-order valence-electron chi connectivity index (χ3n) is 5.01. The molecule has 0 saturated carbocycles. The first-order chi connectivity index (χ1) is 13.2. The molecule has 1 aliphatic heterocycles. The van der Waals surface area contributed by atoms with Gasteiger partial charge < -0.3 is 19.9 Å². The maximum atomic E-state index is 12.9. The van der Waals surface area contributed by atoms with E-state index in [1.54, 1.807) is 32.9 Å². The van der Waals surface area contributed by atoms with Crippen LogP contribution in [0.1, 0.15) is 45.1 Å². The van der Waals surface area contributed by atoms with Gasteiger partial charge in [0.15, 0.2) is 11.5 Å². The van der Waals surface area contributed by atoms with Crippen LogP contribution in [0.2, 0.25) is 5.02 Å². The van der Waals surface area contributed by atoms with E-state index in [-0.39, 0.29) is 28.4 Å². The average molecular weight is 406 g/mol. The number of esters is 1. The van der Waals surface area contributed by atoms with Crippen LogP contribution in [0.25, 0.3) is 0 Å². The number of fused-ring (bicyclic) bond motifs is 1. The van der Waals surface area contributed by atoms with E-state index in [2.05, 4.69) is 5.32 Å². The number of benzene rings is 1. The Labute approximate surface area is 169 Å². The molecule has 2 unspecified atom stereocenters. The zero-order chi connectivity index (χ0) is 20.6. The van der Waals surface area contributed by atoms with Gasteiger partial charge in [0, 0.05) is 23.7 Å². The summed E-state index contributed by atoms with van der Waals surface area (Å²) in [4.78, 5) is 25.8. The second-order valence-electron chi connectivity index (χ2n) is 7.29. The summed E-state index contributed by atoms with van der Waals surface area (Å²) >= 11 is 6.20. The smallest absolute Gasteiger partial charge is 0.336 e. The van der Waals surface area contributed by atoms with E-state index in [0.29, 0.717) is 29.7 Å². The Balaban J connectivity index is 2.21. The van der Waals surface area contributed by atoms with Gasteiger partial charge in [-0.25, -0.2) is 4.79 Å². The number of methoxy groups -OCH3 is 1. The van der Waals surface area contributed by atoms with Crippen LogP contribution in [0.15, 0.2) is 35.2 Å². The molecule has 0 fully saturated rings. The first-order valence-corrected chi connectivity index (χ1v) is 9.60. The summed E-state index contributed by atoms with van der Waals surface area (Å²) in [7, 11) is 1.42. The van der Waals surface area contributed by atoms with E-state index < -0.39 is 17.8 Å². The van der Waals surface area contributed by atoms with Crippen LogP contribution in [0.5, 0.6) is 11.5 Å². The van der Waals surface area contributed by atoms with Gasteiger partial charge in [0.25, 0.3) is 0 Å². The Morgan fingerprint density at radius 2 is 2.04 bits per heavy atom. The molecular formula is C21H24ClNO5. The molecule has 28 heavy (non-hydrogen) atoms. The summed E-state index contributed by atoms with van der Waals surface area (Å²) in [5.41, 5.74) is 2.41. The number of ketones is 1. The molecule has 0 bridgehead atoms. The molecule has 2 atom stereocenters. The number of hydrogen-bond donors (Lipinski definition) is 2. The normalized spacial score (nSPS) is 21.8. The van der Waals surface area contributed by atoms with Crippen LogP contribution < -0.4 is 10.1 Å². The van der Waals surface area contributed by atoms with Crippen molar-refractivity contribution in [1.29, 1.82) is 0 Å². The number of aromatic hydroxyl groups is 1. The summed E-state index contributed by atoms with van der Waals surface area (Å²) in [6, 6.07) is 3.19. The summed E-state index contributed by atoms with van der Waals surface area (Å²) in [6.45, 7) is 5.34. The molecule has 0 radical (unpaired) electrons. The number of ether oxygens (including phenoxy) is 2. The van der Waals surface area contributed by atoms with Gasteiger partial charge in [0.1, 0.15) is 5.78 Å². The fourth-order valence-corrected chi connectivity index (χ4v) is 4.07. The number of phenols is 1. The monoisotopic (exact) mass is 405 g/mol. The van der Waals surface area contributed by atoms with Gasteiger partial charge in [-0.1, -0.05) is 17.7 Å². The van der Waals surface area contributed by atoms with Crippen LogP contribution >= 0.6 is 11.6 Å². The molecule has 2 N–H and O–H groups in total. The van der Waals surface area contributed by atoms with Gasteiger partial charge >= 0.3 is 5.97 Å². The Kier molecular flexibility index (Phi) is 5.70. The molecule has 7 heteroatoms. The largest absolute Gasteiger partial charge is 0.503 e. The number of halogens is 1. The first kappa shape index (κ1) is 20.3. The number of phenolic OH excluding ortho intramolecular Hbond substituents is 1. The molecule has 0 aromatic heterocycles. The lowest BCUT2D eigenvalue weighted by Crippen LogP contribution is -2.41. The van der Waals surface area contributed by atoms with Gasteiger partial charge in [-0.15, -0.1) is 0 Å². The molecule has 2 aliphatic rings. The predicted octanol–water partition coefficient (Wildman–Crippen LogP) is 3.83. The van der Waals surface area contributed by atoms with Crippen molar-refractivity contribution in [2.75, 3.05) is 7.11 Å². The Hall–Kier alpha value is -2.47. The summed E-state index contributed by atoms with van der Waals surface area (Å²) in [5, 5.41) is 13.4. The topological polar surface area (TPSA) is 84.9 Å². The second-order valence-corrected chi connectivity index (χ2v) is 7.70. The third kappa shape index (κ3) is 3.61. The zero-order valence-corrected chi connectivity index (χ0v) is 17.1. The van der Waals surface area contributed by atoms with Crippen molar-refractivity contribution in [2.24, 2.45) is 5.92 Å². The van der Waals surface area contributed by atoms with E-state index in [4.69, 9.17) is 21.1 Å². The molecule has 1 aliphatic carbocycles. The maximum absolute atomic E-state index is 12.9. The number of rotatable bonds is 4. The molecular weight excluding hydrogens is 382 g/mol. The number of Topliss-reactive ketones (excluding diaryl/α,β-unsaturated/α-hetero) is 1. The standard InChI is InChI=1S/C21H24ClNO5/c1-10(2)28-21(26)17-11(3)23-14-6-5-7-15(24)19(14)18(17)12-8-13(22)20(25)16(9-12)27-4/h6,8-10,18-19,23,25H,5,7H2,1-4H3. The Morgan fingerprint density at radius 1 is 1.32 bits per heavy atom. The fourth-order valence-electron chi connectivity index (χ4n) is 3.85. The summed E-state index contributed by atoms with van der Waals surface area (Å²) in [5.74, 6) is -1.56. The SMILES string of the molecule is COc1cc(C2C(C(=O)OC(C)C)=C(C)NC3=CCCC(=O)C32)cc(Cl)c1O. The minimum atomic E-state index is -0.585. The predicted molar refractivity (Wildman–Crippen MR) is 105 cm³/mol. The highest BCUT2D eigenvalue weighted by Crippen LogP contribution is 2.47. The van der Waals surface area contributed by atoms with Crippen molar-refractivity contribution in [1.82, 2.24) is 5.32 Å². The fraction of sp³-hybridized carbons (Fsp3) is 0.429. The van der Waals surface area contributed by atoms with E-state index in [1.165, 1.54) is 7.11 Å². The molecule has 1 aromatic rings. The van der Waals surface area contributed by atoms with Crippen LogP contribution in [-0.2, 0) is 14.3 Å². The van der Waals surface area contributed by atoms with Crippen LogP contribution in [-0.4, -0.2) is 30.1 Å². The Bertz CT molecular complexity index is 887. The molecule has 3 rings (SSSR count). The van der Waals surface area contributed by atoms with Gasteiger partial charge in [0.05, 0.1) is 29.7 Å². The number of nitrogens with one attached hydrogen (secondary N) is 1. The highest BCUT2D eigenvalue weighted by molar-refractivity contribution is 6.32. The molecule has 1 aromatic carbocycles. The summed E-state index contributed by atoms with van der Waals surface area (Å²) < 4.78 is 10.7. The van der Waals surface area contributed by atoms with Crippen molar-refractivity contribution in [3.8, 4) is 11.5 Å². The summed E-state index contributed by atoms with van der Waals surface area (Å²) in [6.07, 6.45) is 2.75. The van der Waals surface area contributed by atoms with Crippen molar-refractivity contribution in [2.45, 2.75) is 45.6 Å². The van der Waals surface area contributed by atoms with Crippen LogP contribution in [0.4, 0.5) is 0 Å². The van der Waals surface area contributed by atoms with Gasteiger partial charge in [0.2, 0.25) is 0 Å². The van der Waals surface area contributed by atoms with Crippen molar-refractivity contribution in [3.63, 3.8) is 0 Å². The van der Waals surface area contributed by atoms with Gasteiger partial charge in [-0.3, -0.25) is 4.79 Å². The van der Waals surface area contributed by atoms with E-state index in [9.17, 15) is 14.7 Å². The molecule has 6 nitrogen and oxygen atoms in total. The van der Waals surface area contributed by atoms with E-state index in [1.807, 2.05) is 6.08 Å². The molecule has 150 valence electrons. The van der Waals surface area contributed by atoms with Crippen molar-refractivity contribution >= 4 is 23.4 Å². The van der Waals surface area contributed by atoms with Gasteiger partial charge in [-0.2, -0.15) is 0 Å². The maximum Gasteiger partial charge on any atom is 0.336 e. The van der Waals surface area contributed by atoms with Gasteiger partial charge in [-0.05, 0) is 44.9 Å².